The van der Waals surface area contributed by atoms with Crippen molar-refractivity contribution in [2.45, 2.75) is 19.1 Å². The molecule has 5 heteroatoms. The molecule has 2 rings (SSSR count). The number of nitrogens with one attached hydrogen (secondary N) is 1. The Morgan fingerprint density at radius 1 is 1.47 bits per heavy atom. The summed E-state index contributed by atoms with van der Waals surface area (Å²) >= 11 is 3.33. The molecule has 0 aromatic heterocycles. The van der Waals surface area contributed by atoms with Crippen LogP contribution in [-0.2, 0) is 16.0 Å². The zero-order valence-corrected chi connectivity index (χ0v) is 11.0. The molecular formula is C12H15BrFNO2. The number of benzene rings is 1. The molecule has 1 aliphatic rings. The number of rotatable bonds is 4. The van der Waals surface area contributed by atoms with Gasteiger partial charge in [-0.15, -0.1) is 0 Å². The van der Waals surface area contributed by atoms with Gasteiger partial charge >= 0.3 is 0 Å². The maximum Gasteiger partial charge on any atom is 0.147 e. The van der Waals surface area contributed by atoms with Crippen LogP contribution in [0.25, 0.3) is 0 Å². The third-order valence-electron chi connectivity index (χ3n) is 2.67. The van der Waals surface area contributed by atoms with Gasteiger partial charge in [0.15, 0.2) is 0 Å². The highest BCUT2D eigenvalue weighted by Crippen LogP contribution is 2.15. The van der Waals surface area contributed by atoms with Crippen molar-refractivity contribution in [3.05, 3.63) is 34.1 Å². The van der Waals surface area contributed by atoms with Crippen LogP contribution in [0.3, 0.4) is 0 Å². The summed E-state index contributed by atoms with van der Waals surface area (Å²) in [5.74, 6) is -0.186. The highest BCUT2D eigenvalue weighted by Gasteiger charge is 2.13. The molecule has 0 bridgehead atoms. The number of hydrogen-bond acceptors (Lipinski definition) is 3. The molecule has 0 spiro atoms. The van der Waals surface area contributed by atoms with E-state index in [1.807, 2.05) is 0 Å². The molecule has 1 aromatic rings. The van der Waals surface area contributed by atoms with Gasteiger partial charge in [-0.1, -0.05) is 15.9 Å². The third-order valence-corrected chi connectivity index (χ3v) is 3.16. The Hall–Kier alpha value is -0.490. The first-order valence-corrected chi connectivity index (χ1v) is 6.39. The van der Waals surface area contributed by atoms with E-state index in [-0.39, 0.29) is 11.9 Å². The molecule has 1 N–H and O–H groups in total. The van der Waals surface area contributed by atoms with Crippen molar-refractivity contribution in [3.63, 3.8) is 0 Å². The smallest absolute Gasteiger partial charge is 0.147 e. The van der Waals surface area contributed by atoms with E-state index in [1.165, 1.54) is 6.07 Å². The van der Waals surface area contributed by atoms with Gasteiger partial charge in [-0.05, 0) is 24.6 Å². The summed E-state index contributed by atoms with van der Waals surface area (Å²) in [7, 11) is 0. The Bertz CT molecular complexity index is 370. The molecule has 0 aliphatic carbocycles. The predicted molar refractivity (Wildman–Crippen MR) is 66.1 cm³/mol. The van der Waals surface area contributed by atoms with Gasteiger partial charge in [0, 0.05) is 23.1 Å². The first-order chi connectivity index (χ1) is 8.25. The average molecular weight is 304 g/mol. The van der Waals surface area contributed by atoms with Crippen LogP contribution < -0.4 is 5.32 Å². The predicted octanol–water partition coefficient (Wildman–Crippen LogP) is 2.44. The monoisotopic (exact) mass is 303 g/mol. The van der Waals surface area contributed by atoms with Gasteiger partial charge in [-0.2, -0.15) is 0 Å². The van der Waals surface area contributed by atoms with Gasteiger partial charge < -0.3 is 14.8 Å². The third kappa shape index (κ3) is 4.03. The second kappa shape index (κ2) is 6.44. The summed E-state index contributed by atoms with van der Waals surface area (Å²) in [6, 6.07) is 4.94. The van der Waals surface area contributed by atoms with Crippen LogP contribution >= 0.6 is 15.9 Å². The summed E-state index contributed by atoms with van der Waals surface area (Å²) in [4.78, 5) is 0. The van der Waals surface area contributed by atoms with Crippen LogP contribution in [0.1, 0.15) is 12.0 Å². The van der Waals surface area contributed by atoms with E-state index in [0.29, 0.717) is 18.9 Å². The van der Waals surface area contributed by atoms with E-state index < -0.39 is 0 Å². The van der Waals surface area contributed by atoms with Crippen LogP contribution in [0, 0.1) is 5.82 Å². The fourth-order valence-electron chi connectivity index (χ4n) is 1.71. The van der Waals surface area contributed by atoms with Crippen LogP contribution in [0.15, 0.2) is 22.7 Å². The van der Waals surface area contributed by atoms with Crippen LogP contribution in [0.2, 0.25) is 0 Å². The summed E-state index contributed by atoms with van der Waals surface area (Å²) in [6.07, 6.45) is 1.05. The van der Waals surface area contributed by atoms with Gasteiger partial charge in [-0.25, -0.2) is 4.39 Å². The zero-order chi connectivity index (χ0) is 12.1. The van der Waals surface area contributed by atoms with Crippen molar-refractivity contribution in [2.24, 2.45) is 0 Å². The molecule has 94 valence electrons. The fraction of sp³-hybridized carbons (Fsp3) is 0.500. The average Bonchev–Trinajstić information content (AvgIpc) is 2.35. The molecule has 1 saturated heterocycles. The van der Waals surface area contributed by atoms with E-state index in [9.17, 15) is 4.39 Å². The van der Waals surface area contributed by atoms with Crippen molar-refractivity contribution in [1.82, 2.24) is 5.32 Å². The van der Waals surface area contributed by atoms with Gasteiger partial charge in [-0.3, -0.25) is 0 Å². The second-order valence-corrected chi connectivity index (χ2v) is 4.89. The summed E-state index contributed by atoms with van der Waals surface area (Å²) in [5.41, 5.74) is 0.659. The van der Waals surface area contributed by atoms with Crippen LogP contribution in [-0.4, -0.2) is 26.0 Å². The van der Waals surface area contributed by atoms with Gasteiger partial charge in [0.25, 0.3) is 0 Å². The molecule has 1 fully saturated rings. The first-order valence-electron chi connectivity index (χ1n) is 5.59. The normalized spacial score (nSPS) is 20.5. The second-order valence-electron chi connectivity index (χ2n) is 3.97. The molecule has 17 heavy (non-hydrogen) atoms. The molecule has 1 heterocycles. The van der Waals surface area contributed by atoms with E-state index in [1.54, 1.807) is 12.1 Å². The Morgan fingerprint density at radius 3 is 3.12 bits per heavy atom. The lowest BCUT2D eigenvalue weighted by Gasteiger charge is -2.23. The Morgan fingerprint density at radius 2 is 2.35 bits per heavy atom. The van der Waals surface area contributed by atoms with E-state index in [2.05, 4.69) is 21.2 Å². The first kappa shape index (κ1) is 13.0. The lowest BCUT2D eigenvalue weighted by Crippen LogP contribution is -2.33. The molecule has 3 nitrogen and oxygen atoms in total. The maximum absolute atomic E-state index is 13.4. The minimum absolute atomic E-state index is 0.166. The largest absolute Gasteiger partial charge is 0.355 e. The highest BCUT2D eigenvalue weighted by molar-refractivity contribution is 9.10. The summed E-state index contributed by atoms with van der Waals surface area (Å²) < 4.78 is 24.8. The lowest BCUT2D eigenvalue weighted by atomic mass is 10.2. The molecular weight excluding hydrogens is 289 g/mol. The van der Waals surface area contributed by atoms with E-state index in [4.69, 9.17) is 9.47 Å². The van der Waals surface area contributed by atoms with Gasteiger partial charge in [0.1, 0.15) is 12.6 Å². The molecule has 1 unspecified atom stereocenters. The molecule has 0 saturated carbocycles. The van der Waals surface area contributed by atoms with Crippen molar-refractivity contribution < 1.29 is 13.9 Å². The lowest BCUT2D eigenvalue weighted by molar-refractivity contribution is -0.137. The minimum atomic E-state index is -0.186. The van der Waals surface area contributed by atoms with Gasteiger partial charge in [0.2, 0.25) is 0 Å². The van der Waals surface area contributed by atoms with Crippen LogP contribution in [0.5, 0.6) is 0 Å². The summed E-state index contributed by atoms with van der Waals surface area (Å²) in [6.45, 7) is 2.32. The minimum Gasteiger partial charge on any atom is -0.355 e. The molecule has 1 atom stereocenters. The van der Waals surface area contributed by atoms with Crippen LogP contribution in [0.4, 0.5) is 4.39 Å². The maximum atomic E-state index is 13.4. The number of ether oxygens (including phenoxy) is 2. The Kier molecular flexibility index (Phi) is 4.91. The van der Waals surface area contributed by atoms with Crippen molar-refractivity contribution in [3.8, 4) is 0 Å². The number of hydrogen-bond donors (Lipinski definition) is 1. The topological polar surface area (TPSA) is 30.5 Å². The van der Waals surface area contributed by atoms with Gasteiger partial charge in [0.05, 0.1) is 12.7 Å². The molecule has 1 aromatic carbocycles. The standard InChI is InChI=1S/C12H15BrFNO2/c13-10-1-2-12(14)9(5-10)6-15-7-11-3-4-16-8-17-11/h1-2,5,11,15H,3-4,6-8H2. The quantitative estimate of drug-likeness (QED) is 0.927. The highest BCUT2D eigenvalue weighted by atomic mass is 79.9. The van der Waals surface area contributed by atoms with Crippen molar-refractivity contribution in [2.75, 3.05) is 19.9 Å². The molecule has 0 radical (unpaired) electrons. The molecule has 0 amide bonds. The SMILES string of the molecule is Fc1ccc(Br)cc1CNCC1CCOCO1. The van der Waals surface area contributed by atoms with E-state index >= 15 is 0 Å². The van der Waals surface area contributed by atoms with Crippen molar-refractivity contribution in [1.29, 1.82) is 0 Å². The van der Waals surface area contributed by atoms with E-state index in [0.717, 1.165) is 24.0 Å². The van der Waals surface area contributed by atoms with Crippen molar-refractivity contribution >= 4 is 15.9 Å². The molecule has 1 aliphatic heterocycles. The fourth-order valence-corrected chi connectivity index (χ4v) is 2.12. The Balaban J connectivity index is 1.79. The Labute approximate surface area is 108 Å². The number of halogens is 2. The summed E-state index contributed by atoms with van der Waals surface area (Å²) in [5, 5.41) is 3.20. The zero-order valence-electron chi connectivity index (χ0n) is 9.42.